The molecule has 3 aromatic rings. The molecule has 0 saturated carbocycles. The van der Waals surface area contributed by atoms with Gasteiger partial charge < -0.3 is 10.6 Å². The molecule has 0 atom stereocenters. The zero-order valence-corrected chi connectivity index (χ0v) is 19.3. The van der Waals surface area contributed by atoms with Gasteiger partial charge in [0.05, 0.1) is 11.6 Å². The van der Waals surface area contributed by atoms with Gasteiger partial charge in [0.2, 0.25) is 0 Å². The van der Waals surface area contributed by atoms with Gasteiger partial charge in [-0.25, -0.2) is 19.9 Å². The van der Waals surface area contributed by atoms with Crippen LogP contribution < -0.4 is 10.6 Å². The lowest BCUT2D eigenvalue weighted by atomic mass is 10.2. The van der Waals surface area contributed by atoms with Gasteiger partial charge in [0.15, 0.2) is 5.96 Å². The fourth-order valence-corrected chi connectivity index (χ4v) is 3.38. The third-order valence-corrected chi connectivity index (χ3v) is 5.13. The van der Waals surface area contributed by atoms with Gasteiger partial charge in [-0.3, -0.25) is 4.57 Å². The predicted octanol–water partition coefficient (Wildman–Crippen LogP) is 3.20. The number of thiazole rings is 1. The Morgan fingerprint density at radius 2 is 2.11 bits per heavy atom. The van der Waals surface area contributed by atoms with E-state index in [1.165, 1.54) is 4.88 Å². The van der Waals surface area contributed by atoms with Crippen molar-refractivity contribution in [1.82, 2.24) is 30.2 Å². The lowest BCUT2D eigenvalue weighted by Crippen LogP contribution is -2.38. The van der Waals surface area contributed by atoms with Crippen LogP contribution in [0.4, 0.5) is 0 Å². The summed E-state index contributed by atoms with van der Waals surface area (Å²) in [6.07, 6.45) is 11.1. The molecule has 2 N–H and O–H groups in total. The van der Waals surface area contributed by atoms with Gasteiger partial charge in [0.1, 0.15) is 12.1 Å². The smallest absolute Gasteiger partial charge is 0.191 e. The van der Waals surface area contributed by atoms with Crippen molar-refractivity contribution in [3.05, 3.63) is 58.7 Å². The molecule has 9 heteroatoms. The molecule has 3 heterocycles. The van der Waals surface area contributed by atoms with Gasteiger partial charge in [0, 0.05) is 49.2 Å². The number of nitrogens with one attached hydrogen (secondary N) is 2. The highest BCUT2D eigenvalue weighted by molar-refractivity contribution is 14.0. The molecule has 0 aliphatic heterocycles. The number of halogens is 1. The summed E-state index contributed by atoms with van der Waals surface area (Å²) in [6.45, 7) is 6.42. The van der Waals surface area contributed by atoms with Crippen LogP contribution in [-0.4, -0.2) is 38.6 Å². The molecule has 0 aliphatic rings. The van der Waals surface area contributed by atoms with E-state index < -0.39 is 0 Å². The molecule has 0 aliphatic carbocycles. The van der Waals surface area contributed by atoms with E-state index in [0.29, 0.717) is 6.54 Å². The van der Waals surface area contributed by atoms with Gasteiger partial charge >= 0.3 is 0 Å². The van der Waals surface area contributed by atoms with Crippen molar-refractivity contribution in [1.29, 1.82) is 0 Å². The Morgan fingerprint density at radius 1 is 1.21 bits per heavy atom. The van der Waals surface area contributed by atoms with Gasteiger partial charge in [-0.1, -0.05) is 6.92 Å². The molecule has 3 aromatic heterocycles. The lowest BCUT2D eigenvalue weighted by molar-refractivity contribution is 0.796. The number of aryl methyl sites for hydroxylation is 1. The van der Waals surface area contributed by atoms with Crippen LogP contribution in [0, 0.1) is 0 Å². The molecule has 0 bridgehead atoms. The van der Waals surface area contributed by atoms with Crippen LogP contribution in [0.2, 0.25) is 0 Å². The molecular weight excluding hydrogens is 485 g/mol. The molecule has 0 amide bonds. The van der Waals surface area contributed by atoms with Crippen molar-refractivity contribution < 1.29 is 0 Å². The average Bonchev–Trinajstić information content (AvgIpc) is 3.38. The number of hydrogen-bond acceptors (Lipinski definition) is 5. The fraction of sp³-hybridized carbons (Fsp3) is 0.368. The summed E-state index contributed by atoms with van der Waals surface area (Å²) >= 11 is 1.78. The lowest BCUT2D eigenvalue weighted by Gasteiger charge is -2.11. The molecule has 0 fully saturated rings. The van der Waals surface area contributed by atoms with Gasteiger partial charge in [-0.2, -0.15) is 0 Å². The number of hydrogen-bond donors (Lipinski definition) is 2. The van der Waals surface area contributed by atoms with Gasteiger partial charge in [-0.05, 0) is 31.0 Å². The Balaban J connectivity index is 0.00000280. The van der Waals surface area contributed by atoms with E-state index in [1.807, 2.05) is 29.1 Å². The summed E-state index contributed by atoms with van der Waals surface area (Å²) in [6, 6.07) is 4.01. The Hall–Kier alpha value is -2.01. The second-order valence-electron chi connectivity index (χ2n) is 5.94. The number of pyridine rings is 1. The summed E-state index contributed by atoms with van der Waals surface area (Å²) in [5, 5.41) is 7.83. The van der Waals surface area contributed by atoms with E-state index in [9.17, 15) is 0 Å². The predicted molar refractivity (Wildman–Crippen MR) is 125 cm³/mol. The minimum atomic E-state index is 0. The summed E-state index contributed by atoms with van der Waals surface area (Å²) in [5.41, 5.74) is 1.10. The topological polar surface area (TPSA) is 80.0 Å². The quantitative estimate of drug-likeness (QED) is 0.276. The maximum atomic E-state index is 4.68. The standard InChI is InChI=1S/C19H25N7S.HI/c1-3-16-13-24-18(27-16)6-8-23-19(21-4-2)25-12-15-5-7-22-17(11-15)26-10-9-20-14-26;/h5,7,9-11,13-14H,3-4,6,8,12H2,1-2H3,(H2,21,23,25);1H. The zero-order chi connectivity index (χ0) is 18.9. The Labute approximate surface area is 186 Å². The SMILES string of the molecule is CCNC(=NCc1ccnc(-n2ccnc2)c1)NCCc1ncc(CC)s1.I. The number of rotatable bonds is 8. The van der Waals surface area contributed by atoms with Crippen LogP contribution in [0.15, 0.2) is 48.2 Å². The van der Waals surface area contributed by atoms with Crippen LogP contribution in [0.5, 0.6) is 0 Å². The molecule has 0 spiro atoms. The van der Waals surface area contributed by atoms with Crippen molar-refractivity contribution in [3.63, 3.8) is 0 Å². The summed E-state index contributed by atoms with van der Waals surface area (Å²) in [7, 11) is 0. The monoisotopic (exact) mass is 511 g/mol. The van der Waals surface area contributed by atoms with Crippen LogP contribution in [0.1, 0.15) is 29.3 Å². The zero-order valence-electron chi connectivity index (χ0n) is 16.1. The van der Waals surface area contributed by atoms with Gasteiger partial charge in [0.25, 0.3) is 0 Å². The summed E-state index contributed by atoms with van der Waals surface area (Å²) in [5.74, 6) is 1.65. The highest BCUT2D eigenvalue weighted by Gasteiger charge is 2.03. The number of aromatic nitrogens is 4. The highest BCUT2D eigenvalue weighted by atomic mass is 127. The normalized spacial score (nSPS) is 11.1. The summed E-state index contributed by atoms with van der Waals surface area (Å²) < 4.78 is 1.88. The Kier molecular flexibility index (Phi) is 9.35. The van der Waals surface area contributed by atoms with Crippen molar-refractivity contribution in [2.45, 2.75) is 33.2 Å². The van der Waals surface area contributed by atoms with E-state index in [0.717, 1.165) is 48.3 Å². The van der Waals surface area contributed by atoms with Crippen LogP contribution in [0.25, 0.3) is 5.82 Å². The second kappa shape index (κ2) is 11.7. The first-order chi connectivity index (χ1) is 13.3. The third-order valence-electron chi connectivity index (χ3n) is 3.92. The van der Waals surface area contributed by atoms with Crippen molar-refractivity contribution in [2.75, 3.05) is 13.1 Å². The maximum absolute atomic E-state index is 4.68. The molecule has 0 radical (unpaired) electrons. The van der Waals surface area contributed by atoms with E-state index in [2.05, 4.69) is 44.4 Å². The second-order valence-corrected chi connectivity index (χ2v) is 7.14. The number of aliphatic imine (C=N–C) groups is 1. The first-order valence-corrected chi connectivity index (χ1v) is 9.99. The molecule has 3 rings (SSSR count). The number of imidazole rings is 1. The molecule has 0 unspecified atom stereocenters. The van der Waals surface area contributed by atoms with E-state index in [4.69, 9.17) is 0 Å². The first kappa shape index (κ1) is 22.3. The molecule has 150 valence electrons. The van der Waals surface area contributed by atoms with Gasteiger partial charge in [-0.15, -0.1) is 35.3 Å². The molecule has 0 saturated heterocycles. The molecule has 0 aromatic carbocycles. The number of guanidine groups is 1. The first-order valence-electron chi connectivity index (χ1n) is 9.17. The van der Waals surface area contributed by atoms with Crippen LogP contribution in [0.3, 0.4) is 0 Å². The Bertz CT molecular complexity index is 861. The number of nitrogens with zero attached hydrogens (tertiary/aromatic N) is 5. The van der Waals surface area contributed by atoms with E-state index >= 15 is 0 Å². The van der Waals surface area contributed by atoms with E-state index in [1.54, 1.807) is 30.1 Å². The highest BCUT2D eigenvalue weighted by Crippen LogP contribution is 2.13. The third kappa shape index (κ3) is 6.55. The maximum Gasteiger partial charge on any atom is 0.191 e. The van der Waals surface area contributed by atoms with Crippen LogP contribution >= 0.6 is 35.3 Å². The minimum absolute atomic E-state index is 0. The largest absolute Gasteiger partial charge is 0.357 e. The molecule has 7 nitrogen and oxygen atoms in total. The van der Waals surface area contributed by atoms with Crippen molar-refractivity contribution in [3.8, 4) is 5.82 Å². The molecular formula is C19H26IN7S. The average molecular weight is 511 g/mol. The summed E-state index contributed by atoms with van der Waals surface area (Å²) in [4.78, 5) is 18.9. The molecule has 28 heavy (non-hydrogen) atoms. The van der Waals surface area contributed by atoms with Crippen molar-refractivity contribution in [2.24, 2.45) is 4.99 Å². The fourth-order valence-electron chi connectivity index (χ4n) is 2.52. The van der Waals surface area contributed by atoms with Crippen molar-refractivity contribution >= 4 is 41.3 Å². The van der Waals surface area contributed by atoms with E-state index in [-0.39, 0.29) is 24.0 Å². The minimum Gasteiger partial charge on any atom is -0.357 e. The van der Waals surface area contributed by atoms with Crippen LogP contribution in [-0.2, 0) is 19.4 Å². The Morgan fingerprint density at radius 3 is 2.82 bits per heavy atom.